The first-order chi connectivity index (χ1) is 12.4. The summed E-state index contributed by atoms with van der Waals surface area (Å²) < 4.78 is 0. The van der Waals surface area contributed by atoms with E-state index in [1.807, 2.05) is 12.1 Å². The molecule has 1 saturated carbocycles. The Hall–Kier alpha value is -2.37. The number of amides is 4. The Bertz CT molecular complexity index is 769. The maximum atomic E-state index is 13.1. The summed E-state index contributed by atoms with van der Waals surface area (Å²) in [6.45, 7) is 1.66. The van der Waals surface area contributed by atoms with Crippen molar-refractivity contribution >= 4 is 17.8 Å². The van der Waals surface area contributed by atoms with Crippen LogP contribution < -0.4 is 5.32 Å². The average molecular weight is 355 g/mol. The summed E-state index contributed by atoms with van der Waals surface area (Å²) in [6.07, 6.45) is 5.01. The smallest absolute Gasteiger partial charge is 0.325 e. The Morgan fingerprint density at radius 3 is 2.69 bits per heavy atom. The number of hydrogen-bond donors (Lipinski definition) is 1. The zero-order chi connectivity index (χ0) is 18.5. The van der Waals surface area contributed by atoms with E-state index in [0.29, 0.717) is 12.8 Å². The minimum atomic E-state index is -0.791. The lowest BCUT2D eigenvalue weighted by Crippen LogP contribution is -2.50. The van der Waals surface area contributed by atoms with Crippen molar-refractivity contribution in [2.75, 3.05) is 7.05 Å². The number of benzene rings is 1. The molecule has 1 aromatic rings. The van der Waals surface area contributed by atoms with Gasteiger partial charge < -0.3 is 10.2 Å². The zero-order valence-corrected chi connectivity index (χ0v) is 15.3. The number of urea groups is 1. The van der Waals surface area contributed by atoms with Crippen molar-refractivity contribution in [2.24, 2.45) is 0 Å². The van der Waals surface area contributed by atoms with Crippen LogP contribution in [0, 0.1) is 0 Å². The fraction of sp³-hybridized carbons (Fsp3) is 0.550. The Kier molecular flexibility index (Phi) is 4.01. The number of aryl methyl sites for hydroxylation is 1. The molecule has 1 spiro atoms. The van der Waals surface area contributed by atoms with Crippen LogP contribution in [0.5, 0.6) is 0 Å². The topological polar surface area (TPSA) is 69.7 Å². The van der Waals surface area contributed by atoms with E-state index in [4.69, 9.17) is 0 Å². The Morgan fingerprint density at radius 1 is 1.27 bits per heavy atom. The normalized spacial score (nSPS) is 24.7. The Balaban J connectivity index is 1.53. The van der Waals surface area contributed by atoms with Crippen LogP contribution in [0.2, 0.25) is 0 Å². The molecule has 1 aromatic carbocycles. The van der Waals surface area contributed by atoms with Gasteiger partial charge in [-0.1, -0.05) is 37.1 Å². The van der Waals surface area contributed by atoms with E-state index in [1.54, 1.807) is 18.9 Å². The van der Waals surface area contributed by atoms with Crippen molar-refractivity contribution in [3.05, 3.63) is 35.4 Å². The van der Waals surface area contributed by atoms with Gasteiger partial charge in [-0.25, -0.2) is 9.69 Å². The fourth-order valence-electron chi connectivity index (χ4n) is 4.81. The highest BCUT2D eigenvalue weighted by molar-refractivity contribution is 6.10. The summed E-state index contributed by atoms with van der Waals surface area (Å²) >= 11 is 0. The molecule has 4 rings (SSSR count). The van der Waals surface area contributed by atoms with Gasteiger partial charge in [-0.3, -0.25) is 9.59 Å². The van der Waals surface area contributed by atoms with Crippen LogP contribution in [-0.2, 0) is 16.0 Å². The van der Waals surface area contributed by atoms with E-state index in [9.17, 15) is 14.4 Å². The van der Waals surface area contributed by atoms with Crippen LogP contribution in [0.1, 0.15) is 56.2 Å². The molecule has 2 aliphatic carbocycles. The molecule has 1 aliphatic heterocycles. The van der Waals surface area contributed by atoms with Gasteiger partial charge in [-0.15, -0.1) is 0 Å². The molecule has 4 amide bonds. The molecule has 6 nitrogen and oxygen atoms in total. The third-order valence-electron chi connectivity index (χ3n) is 6.31. The minimum absolute atomic E-state index is 0.00218. The molecule has 26 heavy (non-hydrogen) atoms. The quantitative estimate of drug-likeness (QED) is 0.847. The third kappa shape index (κ3) is 2.42. The first-order valence-corrected chi connectivity index (χ1v) is 9.45. The molecule has 138 valence electrons. The summed E-state index contributed by atoms with van der Waals surface area (Å²) in [7, 11) is 1.77. The highest BCUT2D eigenvalue weighted by Crippen LogP contribution is 2.38. The Morgan fingerprint density at radius 2 is 1.96 bits per heavy atom. The number of likely N-dealkylation sites (N-methyl/N-ethyl adjacent to an activating group) is 1. The monoisotopic (exact) mass is 355 g/mol. The van der Waals surface area contributed by atoms with Crippen molar-refractivity contribution in [1.82, 2.24) is 15.1 Å². The van der Waals surface area contributed by atoms with Crippen LogP contribution in [-0.4, -0.2) is 46.3 Å². The summed E-state index contributed by atoms with van der Waals surface area (Å²) in [6, 6.07) is 6.93. The van der Waals surface area contributed by atoms with Crippen molar-refractivity contribution in [3.63, 3.8) is 0 Å². The lowest BCUT2D eigenvalue weighted by atomic mass is 9.97. The number of nitrogens with zero attached hydrogens (tertiary/aromatic N) is 2. The molecule has 1 heterocycles. The van der Waals surface area contributed by atoms with Crippen molar-refractivity contribution in [2.45, 2.75) is 63.1 Å². The number of nitrogens with one attached hydrogen (secondary N) is 1. The number of rotatable bonds is 3. The highest BCUT2D eigenvalue weighted by Gasteiger charge is 2.55. The predicted octanol–water partition coefficient (Wildman–Crippen LogP) is 2.39. The third-order valence-corrected chi connectivity index (χ3v) is 6.31. The van der Waals surface area contributed by atoms with Crippen molar-refractivity contribution < 1.29 is 14.4 Å². The molecule has 3 aliphatic rings. The SMILES string of the molecule is CC(C(=O)N(C)C1CCc2ccccc21)N1C(=O)NC2(CCCC2)C1=O. The van der Waals surface area contributed by atoms with E-state index >= 15 is 0 Å². The zero-order valence-electron chi connectivity index (χ0n) is 15.3. The van der Waals surface area contributed by atoms with Gasteiger partial charge in [0.05, 0.1) is 6.04 Å². The lowest BCUT2D eigenvalue weighted by Gasteiger charge is -2.31. The van der Waals surface area contributed by atoms with E-state index < -0.39 is 17.6 Å². The van der Waals surface area contributed by atoms with Gasteiger partial charge in [0, 0.05) is 7.05 Å². The molecule has 0 radical (unpaired) electrons. The summed E-state index contributed by atoms with van der Waals surface area (Å²) in [5.41, 5.74) is 1.66. The predicted molar refractivity (Wildman–Crippen MR) is 96.3 cm³/mol. The van der Waals surface area contributed by atoms with Gasteiger partial charge in [-0.05, 0) is 43.7 Å². The lowest BCUT2D eigenvalue weighted by molar-refractivity contribution is -0.143. The molecular weight excluding hydrogens is 330 g/mol. The van der Waals surface area contributed by atoms with Crippen molar-refractivity contribution in [3.8, 4) is 0 Å². The first-order valence-electron chi connectivity index (χ1n) is 9.45. The molecule has 1 saturated heterocycles. The van der Waals surface area contributed by atoms with Gasteiger partial charge in [0.15, 0.2) is 0 Å². The van der Waals surface area contributed by atoms with Gasteiger partial charge in [0.1, 0.15) is 11.6 Å². The maximum absolute atomic E-state index is 13.1. The second-order valence-electron chi connectivity index (χ2n) is 7.77. The number of hydrogen-bond acceptors (Lipinski definition) is 3. The van der Waals surface area contributed by atoms with Crippen LogP contribution >= 0.6 is 0 Å². The van der Waals surface area contributed by atoms with Gasteiger partial charge in [-0.2, -0.15) is 0 Å². The second-order valence-corrected chi connectivity index (χ2v) is 7.77. The fourth-order valence-corrected chi connectivity index (χ4v) is 4.81. The van der Waals surface area contributed by atoms with Crippen LogP contribution in [0.25, 0.3) is 0 Å². The molecule has 0 bridgehead atoms. The molecule has 2 unspecified atom stereocenters. The number of carbonyl (C=O) groups excluding carboxylic acids is 3. The van der Waals surface area contributed by atoms with Crippen LogP contribution in [0.15, 0.2) is 24.3 Å². The highest BCUT2D eigenvalue weighted by atomic mass is 16.2. The molecule has 2 atom stereocenters. The summed E-state index contributed by atoms with van der Waals surface area (Å²) in [4.78, 5) is 41.3. The van der Waals surface area contributed by atoms with Crippen molar-refractivity contribution in [1.29, 1.82) is 0 Å². The molecule has 2 fully saturated rings. The van der Waals surface area contributed by atoms with Gasteiger partial charge >= 0.3 is 6.03 Å². The molecule has 6 heteroatoms. The van der Waals surface area contributed by atoms with E-state index in [-0.39, 0.29) is 17.9 Å². The Labute approximate surface area is 153 Å². The summed E-state index contributed by atoms with van der Waals surface area (Å²) in [5.74, 6) is -0.425. The van der Waals surface area contributed by atoms with Gasteiger partial charge in [0.25, 0.3) is 5.91 Å². The number of fused-ring (bicyclic) bond motifs is 1. The molecular formula is C20H25N3O3. The largest absolute Gasteiger partial charge is 0.337 e. The molecule has 0 aromatic heterocycles. The maximum Gasteiger partial charge on any atom is 0.325 e. The first kappa shape index (κ1) is 17.1. The number of carbonyl (C=O) groups is 3. The van der Waals surface area contributed by atoms with Gasteiger partial charge in [0.2, 0.25) is 5.91 Å². The average Bonchev–Trinajstić information content (AvgIpc) is 3.33. The van der Waals surface area contributed by atoms with Crippen LogP contribution in [0.4, 0.5) is 4.79 Å². The number of imide groups is 1. The minimum Gasteiger partial charge on any atom is -0.337 e. The second kappa shape index (κ2) is 6.11. The standard InChI is InChI=1S/C20H25N3O3/c1-13(23-18(25)20(21-19(23)26)11-5-6-12-20)17(24)22(2)16-10-9-14-7-3-4-8-15(14)16/h3-4,7-8,13,16H,5-6,9-12H2,1-2H3,(H,21,26). The van der Waals surface area contributed by atoms with Crippen LogP contribution in [0.3, 0.4) is 0 Å². The van der Waals surface area contributed by atoms with E-state index in [0.717, 1.165) is 30.6 Å². The summed E-state index contributed by atoms with van der Waals surface area (Å²) in [5, 5.41) is 2.86. The van der Waals surface area contributed by atoms with E-state index in [1.165, 1.54) is 11.1 Å². The van der Waals surface area contributed by atoms with E-state index in [2.05, 4.69) is 17.4 Å². The molecule has 1 N–H and O–H groups in total.